The molecule has 3 rings (SSSR count). The van der Waals surface area contributed by atoms with Crippen LogP contribution in [0.5, 0.6) is 0 Å². The number of thiophene rings is 1. The lowest BCUT2D eigenvalue weighted by Crippen LogP contribution is -2.47. The molecule has 0 bridgehead atoms. The number of morpholine rings is 1. The van der Waals surface area contributed by atoms with Crippen molar-refractivity contribution in [3.05, 3.63) is 34.2 Å². The molecule has 4 nitrogen and oxygen atoms in total. The van der Waals surface area contributed by atoms with Gasteiger partial charge in [0.2, 0.25) is 5.91 Å². The minimum Gasteiger partial charge on any atom is -0.367 e. The summed E-state index contributed by atoms with van der Waals surface area (Å²) in [4.78, 5) is 13.4. The molecule has 1 fully saturated rings. The van der Waals surface area contributed by atoms with Crippen molar-refractivity contribution in [2.45, 2.75) is 12.6 Å². The number of carbonyl (C=O) groups excluding carboxylic acids is 1. The molecule has 2 aromatic rings. The van der Waals surface area contributed by atoms with Gasteiger partial charge in [-0.25, -0.2) is 0 Å². The third kappa shape index (κ3) is 2.67. The van der Waals surface area contributed by atoms with Crippen molar-refractivity contribution in [3.8, 4) is 0 Å². The lowest BCUT2D eigenvalue weighted by Gasteiger charge is -2.31. The maximum absolute atomic E-state index is 11.2. The van der Waals surface area contributed by atoms with Crippen LogP contribution in [0.25, 0.3) is 10.1 Å². The van der Waals surface area contributed by atoms with Crippen molar-refractivity contribution in [1.82, 2.24) is 4.90 Å². The smallest absolute Gasteiger partial charge is 0.247 e. The molecule has 1 aliphatic heterocycles. The largest absolute Gasteiger partial charge is 0.367 e. The van der Waals surface area contributed by atoms with Crippen LogP contribution in [0.15, 0.2) is 23.6 Å². The van der Waals surface area contributed by atoms with Gasteiger partial charge in [-0.1, -0.05) is 23.7 Å². The molecular weight excluding hydrogens is 296 g/mol. The summed E-state index contributed by atoms with van der Waals surface area (Å²) in [5.74, 6) is -0.395. The highest BCUT2D eigenvalue weighted by molar-refractivity contribution is 7.18. The Morgan fingerprint density at radius 1 is 1.55 bits per heavy atom. The van der Waals surface area contributed by atoms with Gasteiger partial charge < -0.3 is 10.5 Å². The third-order valence-electron chi connectivity index (χ3n) is 3.49. The predicted molar refractivity (Wildman–Crippen MR) is 81.0 cm³/mol. The summed E-state index contributed by atoms with van der Waals surface area (Å²) in [7, 11) is 0. The quantitative estimate of drug-likeness (QED) is 0.946. The number of carbonyl (C=O) groups is 1. The second-order valence-electron chi connectivity index (χ2n) is 4.87. The van der Waals surface area contributed by atoms with Crippen LogP contribution in [-0.2, 0) is 16.1 Å². The Bertz CT molecular complexity index is 643. The zero-order valence-corrected chi connectivity index (χ0v) is 12.4. The Morgan fingerprint density at radius 2 is 2.40 bits per heavy atom. The molecule has 1 saturated heterocycles. The van der Waals surface area contributed by atoms with Crippen molar-refractivity contribution < 1.29 is 9.53 Å². The highest BCUT2D eigenvalue weighted by atomic mass is 35.5. The van der Waals surface area contributed by atoms with E-state index in [1.807, 2.05) is 12.1 Å². The van der Waals surface area contributed by atoms with Crippen LogP contribution in [0.4, 0.5) is 0 Å². The minimum absolute atomic E-state index is 0.395. The van der Waals surface area contributed by atoms with E-state index in [1.165, 1.54) is 10.9 Å². The first kappa shape index (κ1) is 13.8. The molecule has 20 heavy (non-hydrogen) atoms. The minimum atomic E-state index is -0.503. The van der Waals surface area contributed by atoms with Gasteiger partial charge in [0.15, 0.2) is 0 Å². The number of fused-ring (bicyclic) bond motifs is 1. The van der Waals surface area contributed by atoms with Crippen molar-refractivity contribution in [2.75, 3.05) is 19.7 Å². The van der Waals surface area contributed by atoms with E-state index in [-0.39, 0.29) is 0 Å². The maximum Gasteiger partial charge on any atom is 0.247 e. The van der Waals surface area contributed by atoms with Crippen LogP contribution in [0.3, 0.4) is 0 Å². The van der Waals surface area contributed by atoms with Gasteiger partial charge in [-0.05, 0) is 22.4 Å². The number of hydrogen-bond acceptors (Lipinski definition) is 4. The van der Waals surface area contributed by atoms with Gasteiger partial charge in [0.05, 0.1) is 16.3 Å². The number of hydrogen-bond donors (Lipinski definition) is 1. The zero-order valence-electron chi connectivity index (χ0n) is 10.8. The fourth-order valence-corrected chi connectivity index (χ4v) is 3.73. The monoisotopic (exact) mass is 310 g/mol. The molecule has 1 aromatic carbocycles. The normalized spacial score (nSPS) is 20.4. The Kier molecular flexibility index (Phi) is 3.94. The molecule has 1 aliphatic rings. The maximum atomic E-state index is 11.2. The molecule has 106 valence electrons. The van der Waals surface area contributed by atoms with Crippen molar-refractivity contribution >= 4 is 38.9 Å². The lowest BCUT2D eigenvalue weighted by molar-refractivity contribution is -0.135. The summed E-state index contributed by atoms with van der Waals surface area (Å²) in [6.07, 6.45) is -0.503. The number of nitrogens with zero attached hydrogens (tertiary/aromatic N) is 1. The fraction of sp³-hybridized carbons (Fsp3) is 0.357. The SMILES string of the molecule is NC(=O)C1CN(Cc2csc3c(Cl)cccc23)CCO1. The first-order chi connectivity index (χ1) is 9.65. The summed E-state index contributed by atoms with van der Waals surface area (Å²) in [6.45, 7) is 2.68. The molecule has 6 heteroatoms. The van der Waals surface area contributed by atoms with E-state index in [1.54, 1.807) is 11.3 Å². The summed E-state index contributed by atoms with van der Waals surface area (Å²) < 4.78 is 6.48. The number of benzene rings is 1. The highest BCUT2D eigenvalue weighted by Gasteiger charge is 2.25. The summed E-state index contributed by atoms with van der Waals surface area (Å²) in [5, 5.41) is 4.10. The number of ether oxygens (including phenoxy) is 1. The average molecular weight is 311 g/mol. The van der Waals surface area contributed by atoms with Gasteiger partial charge in [0.25, 0.3) is 0 Å². The summed E-state index contributed by atoms with van der Waals surface area (Å²) >= 11 is 7.85. The van der Waals surface area contributed by atoms with Crippen molar-refractivity contribution in [1.29, 1.82) is 0 Å². The van der Waals surface area contributed by atoms with E-state index in [0.717, 1.165) is 22.8 Å². The van der Waals surface area contributed by atoms with E-state index in [0.29, 0.717) is 13.2 Å². The van der Waals surface area contributed by atoms with Gasteiger partial charge in [-0.15, -0.1) is 11.3 Å². The fourth-order valence-electron chi connectivity index (χ4n) is 2.46. The van der Waals surface area contributed by atoms with Crippen LogP contribution in [0, 0.1) is 0 Å². The van der Waals surface area contributed by atoms with E-state index < -0.39 is 12.0 Å². The van der Waals surface area contributed by atoms with E-state index in [2.05, 4.69) is 16.3 Å². The zero-order chi connectivity index (χ0) is 14.1. The molecule has 0 radical (unpaired) electrons. The van der Waals surface area contributed by atoms with Gasteiger partial charge in [-0.3, -0.25) is 9.69 Å². The first-order valence-corrected chi connectivity index (χ1v) is 7.69. The Balaban J connectivity index is 1.79. The van der Waals surface area contributed by atoms with Gasteiger partial charge in [0, 0.05) is 19.6 Å². The van der Waals surface area contributed by atoms with Gasteiger partial charge in [0.1, 0.15) is 6.10 Å². The van der Waals surface area contributed by atoms with Crippen molar-refractivity contribution in [3.63, 3.8) is 0 Å². The second-order valence-corrected chi connectivity index (χ2v) is 6.16. The van der Waals surface area contributed by atoms with Gasteiger partial charge >= 0.3 is 0 Å². The molecule has 1 atom stereocenters. The summed E-state index contributed by atoms with van der Waals surface area (Å²) in [6, 6.07) is 5.95. The van der Waals surface area contributed by atoms with E-state index >= 15 is 0 Å². The lowest BCUT2D eigenvalue weighted by atomic mass is 10.1. The number of nitrogens with two attached hydrogens (primary N) is 1. The molecule has 0 saturated carbocycles. The molecule has 0 aliphatic carbocycles. The topological polar surface area (TPSA) is 55.6 Å². The Morgan fingerprint density at radius 3 is 3.20 bits per heavy atom. The van der Waals surface area contributed by atoms with Crippen LogP contribution < -0.4 is 5.73 Å². The highest BCUT2D eigenvalue weighted by Crippen LogP contribution is 2.32. The number of rotatable bonds is 3. The average Bonchev–Trinajstić information content (AvgIpc) is 2.84. The number of amides is 1. The first-order valence-electron chi connectivity index (χ1n) is 6.43. The van der Waals surface area contributed by atoms with Crippen LogP contribution in [0.1, 0.15) is 5.56 Å². The second kappa shape index (κ2) is 5.69. The number of primary amides is 1. The Hall–Kier alpha value is -1.14. The van der Waals surface area contributed by atoms with Crippen molar-refractivity contribution in [2.24, 2.45) is 5.73 Å². The van der Waals surface area contributed by atoms with Crippen LogP contribution in [0.2, 0.25) is 5.02 Å². The molecule has 2 N–H and O–H groups in total. The van der Waals surface area contributed by atoms with Crippen LogP contribution >= 0.6 is 22.9 Å². The van der Waals surface area contributed by atoms with E-state index in [9.17, 15) is 4.79 Å². The molecule has 2 heterocycles. The standard InChI is InChI=1S/C14H15ClN2O2S/c15-11-3-1-2-10-9(8-20-13(10)11)6-17-4-5-19-12(7-17)14(16)18/h1-3,8,12H,4-7H2,(H2,16,18). The molecule has 1 amide bonds. The molecule has 1 aromatic heterocycles. The molecule has 1 unspecified atom stereocenters. The molecular formula is C14H15ClN2O2S. The third-order valence-corrected chi connectivity index (χ3v) is 5.00. The number of halogens is 1. The summed E-state index contributed by atoms with van der Waals surface area (Å²) in [5.41, 5.74) is 6.54. The predicted octanol–water partition coefficient (Wildman–Crippen LogP) is 2.24. The van der Waals surface area contributed by atoms with Gasteiger partial charge in [-0.2, -0.15) is 0 Å². The van der Waals surface area contributed by atoms with E-state index in [4.69, 9.17) is 22.1 Å². The van der Waals surface area contributed by atoms with Crippen LogP contribution in [-0.4, -0.2) is 36.6 Å². The molecule has 0 spiro atoms. The Labute approximate surface area is 126 Å².